The fraction of sp³-hybridized carbons (Fsp3) is 0. The van der Waals surface area contributed by atoms with Gasteiger partial charge in [0.05, 0.1) is 0 Å². The van der Waals surface area contributed by atoms with Crippen LogP contribution in [0.25, 0.3) is 116 Å². The molecule has 2 heterocycles. The molecule has 0 spiro atoms. The monoisotopic (exact) mass is 666 g/mol. The largest absolute Gasteiger partial charge is 0.135 e. The summed E-state index contributed by atoms with van der Waals surface area (Å²) in [5.41, 5.74) is 5.06. The van der Waals surface area contributed by atoms with Crippen molar-refractivity contribution >= 4 is 117 Å². The van der Waals surface area contributed by atoms with Crippen molar-refractivity contribution in [2.24, 2.45) is 0 Å². The molecule has 0 nitrogen and oxygen atoms in total. The number of benzene rings is 10. The van der Waals surface area contributed by atoms with Crippen LogP contribution < -0.4 is 0 Å². The first kappa shape index (κ1) is 27.1. The SMILES string of the molecule is c1ccc2c(c1)ccc1sc3ccc(-c4cc5ccc6cc(-c7ccc8sc9ccc%10ccccc%10c9c8c7)cc7ccc(c4)c5c67)cc3c12. The third kappa shape index (κ3) is 3.75. The van der Waals surface area contributed by atoms with E-state index in [-0.39, 0.29) is 0 Å². The average Bonchev–Trinajstić information content (AvgIpc) is 3.75. The molecule has 0 N–H and O–H groups in total. The van der Waals surface area contributed by atoms with Gasteiger partial charge >= 0.3 is 0 Å². The van der Waals surface area contributed by atoms with E-state index in [0.29, 0.717) is 0 Å². The molecule has 0 unspecified atom stereocenters. The Kier molecular flexibility index (Phi) is 5.35. The van der Waals surface area contributed by atoms with Crippen molar-refractivity contribution < 1.29 is 0 Å². The van der Waals surface area contributed by atoms with E-state index >= 15 is 0 Å². The molecule has 10 aromatic carbocycles. The van der Waals surface area contributed by atoms with E-state index < -0.39 is 0 Å². The van der Waals surface area contributed by atoms with Gasteiger partial charge in [0.1, 0.15) is 0 Å². The zero-order chi connectivity index (χ0) is 32.5. The first-order valence-electron chi connectivity index (χ1n) is 17.1. The van der Waals surface area contributed by atoms with Gasteiger partial charge in [0.25, 0.3) is 0 Å². The van der Waals surface area contributed by atoms with E-state index in [0.717, 1.165) is 0 Å². The first-order chi connectivity index (χ1) is 24.7. The van der Waals surface area contributed by atoms with Crippen LogP contribution in [-0.4, -0.2) is 0 Å². The van der Waals surface area contributed by atoms with E-state index in [4.69, 9.17) is 0 Å². The van der Waals surface area contributed by atoms with Crippen molar-refractivity contribution in [2.45, 2.75) is 0 Å². The van der Waals surface area contributed by atoms with Crippen molar-refractivity contribution in [1.29, 1.82) is 0 Å². The van der Waals surface area contributed by atoms with Crippen molar-refractivity contribution in [3.63, 3.8) is 0 Å². The Morgan fingerprint density at radius 1 is 0.240 bits per heavy atom. The first-order valence-corrected chi connectivity index (χ1v) is 18.8. The Morgan fingerprint density at radius 3 is 1.06 bits per heavy atom. The molecule has 0 aliphatic carbocycles. The molecular weight excluding hydrogens is 641 g/mol. The molecule has 0 fully saturated rings. The van der Waals surface area contributed by atoms with Gasteiger partial charge in [-0.2, -0.15) is 0 Å². The minimum Gasteiger partial charge on any atom is -0.135 e. The molecule has 12 aromatic rings. The lowest BCUT2D eigenvalue weighted by Gasteiger charge is -2.15. The van der Waals surface area contributed by atoms with Crippen LogP contribution in [0.2, 0.25) is 0 Å². The van der Waals surface area contributed by atoms with Crippen molar-refractivity contribution in [2.75, 3.05) is 0 Å². The van der Waals surface area contributed by atoms with Gasteiger partial charge in [-0.3, -0.25) is 0 Å². The summed E-state index contributed by atoms with van der Waals surface area (Å²) < 4.78 is 5.38. The van der Waals surface area contributed by atoms with Crippen LogP contribution >= 0.6 is 22.7 Å². The van der Waals surface area contributed by atoms with Gasteiger partial charge in [0, 0.05) is 40.3 Å². The predicted octanol–water partition coefficient (Wildman–Crippen LogP) is 15.0. The Morgan fingerprint density at radius 2 is 0.620 bits per heavy atom. The van der Waals surface area contributed by atoms with E-state index in [1.807, 2.05) is 22.7 Å². The summed E-state index contributed by atoms with van der Waals surface area (Å²) in [6.07, 6.45) is 0. The maximum Gasteiger partial charge on any atom is 0.0361 e. The van der Waals surface area contributed by atoms with E-state index in [1.54, 1.807) is 0 Å². The lowest BCUT2D eigenvalue weighted by Crippen LogP contribution is -1.88. The molecule has 50 heavy (non-hydrogen) atoms. The highest BCUT2D eigenvalue weighted by Gasteiger charge is 2.16. The van der Waals surface area contributed by atoms with Crippen LogP contribution in [0.3, 0.4) is 0 Å². The van der Waals surface area contributed by atoms with Crippen molar-refractivity contribution in [3.05, 3.63) is 158 Å². The van der Waals surface area contributed by atoms with Crippen LogP contribution in [0.1, 0.15) is 0 Å². The standard InChI is InChI=1S/C48H26S2/c1-3-7-37-27(5-1)13-19-43-47(37)39-25-29(15-17-41(39)49-43)35-21-31-9-11-33-23-36(24-34-12-10-32(22-35)45(31)46(33)34)30-16-18-42-40(26-30)48-38-8-4-2-6-28(38)14-20-44(48)50-42/h1-26H. The van der Waals surface area contributed by atoms with Crippen LogP contribution in [0.15, 0.2) is 158 Å². The van der Waals surface area contributed by atoms with Gasteiger partial charge in [-0.15, -0.1) is 22.7 Å². The fourth-order valence-electron chi connectivity index (χ4n) is 8.62. The number of thiophene rings is 2. The molecule has 0 saturated carbocycles. The minimum atomic E-state index is 1.27. The molecule has 0 bridgehead atoms. The van der Waals surface area contributed by atoms with Crippen LogP contribution in [0.5, 0.6) is 0 Å². The third-order valence-electron chi connectivity index (χ3n) is 10.9. The highest BCUT2D eigenvalue weighted by molar-refractivity contribution is 7.26. The highest BCUT2D eigenvalue weighted by atomic mass is 32.1. The Bertz CT molecular complexity index is 3080. The lowest BCUT2D eigenvalue weighted by molar-refractivity contribution is 1.70. The number of hydrogen-bond donors (Lipinski definition) is 0. The summed E-state index contributed by atoms with van der Waals surface area (Å²) in [5, 5.41) is 18.6. The maximum absolute atomic E-state index is 2.41. The number of hydrogen-bond acceptors (Lipinski definition) is 2. The van der Waals surface area contributed by atoms with Crippen LogP contribution in [-0.2, 0) is 0 Å². The van der Waals surface area contributed by atoms with Gasteiger partial charge in [-0.05, 0) is 137 Å². The third-order valence-corrected chi connectivity index (χ3v) is 13.2. The Balaban J connectivity index is 1.01. The average molecular weight is 667 g/mol. The normalized spacial score (nSPS) is 12.4. The quantitative estimate of drug-likeness (QED) is 0.161. The van der Waals surface area contributed by atoms with Crippen LogP contribution in [0, 0.1) is 0 Å². The maximum atomic E-state index is 2.41. The van der Waals surface area contributed by atoms with Gasteiger partial charge in [0.15, 0.2) is 0 Å². The minimum absolute atomic E-state index is 1.27. The number of rotatable bonds is 2. The summed E-state index contributed by atoms with van der Waals surface area (Å²) in [7, 11) is 0. The Hall–Kier alpha value is -5.80. The van der Waals surface area contributed by atoms with Crippen molar-refractivity contribution in [1.82, 2.24) is 0 Å². The molecule has 0 radical (unpaired) electrons. The van der Waals surface area contributed by atoms with Gasteiger partial charge in [-0.25, -0.2) is 0 Å². The molecule has 2 aromatic heterocycles. The summed E-state index contributed by atoms with van der Waals surface area (Å²) >= 11 is 3.78. The molecule has 12 rings (SSSR count). The smallest absolute Gasteiger partial charge is 0.0361 e. The molecule has 0 aliphatic rings. The van der Waals surface area contributed by atoms with E-state index in [1.165, 1.54) is 116 Å². The van der Waals surface area contributed by atoms with E-state index in [9.17, 15) is 0 Å². The van der Waals surface area contributed by atoms with Crippen LogP contribution in [0.4, 0.5) is 0 Å². The summed E-state index contributed by atoms with van der Waals surface area (Å²) in [6.45, 7) is 0. The second kappa shape index (κ2) is 9.89. The zero-order valence-corrected chi connectivity index (χ0v) is 28.5. The lowest BCUT2D eigenvalue weighted by atomic mass is 9.89. The second-order valence-corrected chi connectivity index (χ2v) is 15.8. The fourth-order valence-corrected chi connectivity index (χ4v) is 10.8. The highest BCUT2D eigenvalue weighted by Crippen LogP contribution is 2.44. The molecule has 0 aliphatic heterocycles. The van der Waals surface area contributed by atoms with Gasteiger partial charge < -0.3 is 0 Å². The summed E-state index contributed by atoms with van der Waals surface area (Å²) in [6, 6.07) is 59.5. The molecular formula is C48H26S2. The van der Waals surface area contributed by atoms with E-state index in [2.05, 4.69) is 158 Å². The molecule has 0 saturated heterocycles. The predicted molar refractivity (Wildman–Crippen MR) is 222 cm³/mol. The second-order valence-electron chi connectivity index (χ2n) is 13.7. The number of fused-ring (bicyclic) bond motifs is 10. The summed E-state index contributed by atoms with van der Waals surface area (Å²) in [4.78, 5) is 0. The molecule has 2 heteroatoms. The summed E-state index contributed by atoms with van der Waals surface area (Å²) in [5.74, 6) is 0. The zero-order valence-electron chi connectivity index (χ0n) is 26.8. The van der Waals surface area contributed by atoms with Crippen molar-refractivity contribution in [3.8, 4) is 22.3 Å². The molecule has 0 amide bonds. The molecule has 230 valence electrons. The van der Waals surface area contributed by atoms with Gasteiger partial charge in [-0.1, -0.05) is 97.1 Å². The van der Waals surface area contributed by atoms with Gasteiger partial charge in [0.2, 0.25) is 0 Å². The molecule has 0 atom stereocenters. The Labute approximate surface area is 295 Å². The topological polar surface area (TPSA) is 0 Å².